The van der Waals surface area contributed by atoms with E-state index in [1.54, 1.807) is 13.8 Å². The molecule has 0 heterocycles. The first-order valence-corrected chi connectivity index (χ1v) is 11.3. The molecule has 1 rings (SSSR count). The maximum Gasteiger partial charge on any atom is 0.351 e. The Hall–Kier alpha value is -2.42. The number of carboxylic acid groups (broad SMARTS) is 1. The van der Waals surface area contributed by atoms with Gasteiger partial charge in [0.05, 0.1) is 0 Å². The van der Waals surface area contributed by atoms with E-state index in [2.05, 4.69) is 10.3 Å². The van der Waals surface area contributed by atoms with Crippen molar-refractivity contribution in [1.82, 2.24) is 5.32 Å². The molecule has 0 saturated heterocycles. The molecule has 1 amide bonds. The maximum absolute atomic E-state index is 12.8. The number of carbonyl (C=O) groups is 2. The lowest BCUT2D eigenvalue weighted by Gasteiger charge is -2.28. The number of aliphatic imine (C=N–C) groups is 1. The van der Waals surface area contributed by atoms with Crippen molar-refractivity contribution in [2.45, 2.75) is 51.4 Å². The highest BCUT2D eigenvalue weighted by molar-refractivity contribution is 7.53. The molecule has 0 saturated carbocycles. The summed E-state index contributed by atoms with van der Waals surface area (Å²) in [6.07, 6.45) is -0.767. The van der Waals surface area contributed by atoms with E-state index in [-0.39, 0.29) is 31.8 Å². The SMILES string of the molecule is CC(C)C(NC(=O)CCc1ccccc1)P(=O)(O)OC(CCCN=C(N)N)C(=O)O. The highest BCUT2D eigenvalue weighted by Crippen LogP contribution is 2.50. The van der Waals surface area contributed by atoms with Crippen molar-refractivity contribution in [3.05, 3.63) is 35.9 Å². The first-order chi connectivity index (χ1) is 14.0. The zero-order valence-electron chi connectivity index (χ0n) is 17.2. The molecule has 0 aliphatic heterocycles. The zero-order chi connectivity index (χ0) is 22.7. The number of nitrogens with one attached hydrogen (secondary N) is 1. The van der Waals surface area contributed by atoms with Crippen molar-refractivity contribution in [1.29, 1.82) is 0 Å². The van der Waals surface area contributed by atoms with E-state index in [4.69, 9.17) is 16.0 Å². The molecule has 0 radical (unpaired) electrons. The fourth-order valence-corrected chi connectivity index (χ4v) is 4.47. The first kappa shape index (κ1) is 25.6. The molecule has 0 fully saturated rings. The van der Waals surface area contributed by atoms with Crippen LogP contribution in [0.25, 0.3) is 0 Å². The Morgan fingerprint density at radius 1 is 1.23 bits per heavy atom. The maximum atomic E-state index is 12.8. The van der Waals surface area contributed by atoms with Crippen LogP contribution in [0.2, 0.25) is 0 Å². The number of carbonyl (C=O) groups excluding carboxylic acids is 1. The van der Waals surface area contributed by atoms with Gasteiger partial charge in [-0.15, -0.1) is 0 Å². The van der Waals surface area contributed by atoms with Gasteiger partial charge in [0.25, 0.3) is 0 Å². The van der Waals surface area contributed by atoms with E-state index in [9.17, 15) is 24.2 Å². The van der Waals surface area contributed by atoms with Crippen molar-refractivity contribution in [3.8, 4) is 0 Å². The summed E-state index contributed by atoms with van der Waals surface area (Å²) < 4.78 is 17.9. The molecule has 0 spiro atoms. The van der Waals surface area contributed by atoms with Crippen molar-refractivity contribution >= 4 is 25.4 Å². The predicted molar refractivity (Wildman–Crippen MR) is 114 cm³/mol. The smallest absolute Gasteiger partial charge is 0.351 e. The molecule has 0 aliphatic rings. The lowest BCUT2D eigenvalue weighted by Crippen LogP contribution is -2.40. The molecule has 10 nitrogen and oxygen atoms in total. The van der Waals surface area contributed by atoms with E-state index in [0.29, 0.717) is 6.42 Å². The second-order valence-corrected chi connectivity index (χ2v) is 9.08. The van der Waals surface area contributed by atoms with Crippen molar-refractivity contribution in [3.63, 3.8) is 0 Å². The van der Waals surface area contributed by atoms with Crippen LogP contribution < -0.4 is 16.8 Å². The second kappa shape index (κ2) is 12.3. The third-order valence-electron chi connectivity index (χ3n) is 4.25. The molecule has 1 aromatic rings. The molecule has 1 aromatic carbocycles. The van der Waals surface area contributed by atoms with Crippen LogP contribution in [0.3, 0.4) is 0 Å². The number of nitrogens with zero attached hydrogens (tertiary/aromatic N) is 1. The van der Waals surface area contributed by atoms with E-state index in [0.717, 1.165) is 5.56 Å². The Balaban J connectivity index is 2.73. The summed E-state index contributed by atoms with van der Waals surface area (Å²) >= 11 is 0. The van der Waals surface area contributed by atoms with Gasteiger partial charge in [0.15, 0.2) is 12.1 Å². The minimum Gasteiger partial charge on any atom is -0.479 e. The van der Waals surface area contributed by atoms with Crippen LogP contribution in [0, 0.1) is 5.92 Å². The Morgan fingerprint density at radius 2 is 1.87 bits per heavy atom. The lowest BCUT2D eigenvalue weighted by molar-refractivity contribution is -0.145. The zero-order valence-corrected chi connectivity index (χ0v) is 18.1. The topological polar surface area (TPSA) is 177 Å². The van der Waals surface area contributed by atoms with Gasteiger partial charge in [-0.1, -0.05) is 44.2 Å². The summed E-state index contributed by atoms with van der Waals surface area (Å²) in [5.74, 6) is -3.63. The number of hydrogen-bond acceptors (Lipinski definition) is 5. The number of carboxylic acids is 1. The molecule has 7 N–H and O–H groups in total. The van der Waals surface area contributed by atoms with E-state index in [1.807, 2.05) is 30.3 Å². The molecule has 3 atom stereocenters. The van der Waals surface area contributed by atoms with Crippen LogP contribution >= 0.6 is 7.60 Å². The van der Waals surface area contributed by atoms with E-state index >= 15 is 0 Å². The quantitative estimate of drug-likeness (QED) is 0.132. The molecule has 11 heteroatoms. The summed E-state index contributed by atoms with van der Waals surface area (Å²) in [7, 11) is -4.48. The Bertz CT molecular complexity index is 768. The van der Waals surface area contributed by atoms with E-state index in [1.165, 1.54) is 0 Å². The van der Waals surface area contributed by atoms with E-state index < -0.39 is 37.3 Å². The monoisotopic (exact) mass is 442 g/mol. The summed E-state index contributed by atoms with van der Waals surface area (Å²) in [5, 5.41) is 11.9. The fourth-order valence-electron chi connectivity index (χ4n) is 2.72. The molecule has 168 valence electrons. The van der Waals surface area contributed by atoms with Gasteiger partial charge in [0.1, 0.15) is 5.78 Å². The fraction of sp³-hybridized carbons (Fsp3) is 0.526. The third-order valence-corrected chi connectivity index (χ3v) is 6.23. The Morgan fingerprint density at radius 3 is 2.40 bits per heavy atom. The molecule has 30 heavy (non-hydrogen) atoms. The average Bonchev–Trinajstić information content (AvgIpc) is 2.66. The number of guanidine groups is 1. The molecule has 0 aromatic heterocycles. The molecule has 0 aliphatic carbocycles. The highest BCUT2D eigenvalue weighted by Gasteiger charge is 2.40. The molecule has 0 bridgehead atoms. The Kier molecular flexibility index (Phi) is 10.5. The third kappa shape index (κ3) is 9.39. The largest absolute Gasteiger partial charge is 0.479 e. The summed E-state index contributed by atoms with van der Waals surface area (Å²) in [6.45, 7) is 3.45. The number of aliphatic carboxylic acids is 1. The van der Waals surface area contributed by atoms with Crippen LogP contribution in [0.1, 0.15) is 38.7 Å². The van der Waals surface area contributed by atoms with Crippen molar-refractivity contribution in [2.24, 2.45) is 22.4 Å². The summed E-state index contributed by atoms with van der Waals surface area (Å²) in [5.41, 5.74) is 11.4. The van der Waals surface area contributed by atoms with Gasteiger partial charge in [-0.3, -0.25) is 18.9 Å². The van der Waals surface area contributed by atoms with Crippen LogP contribution in [-0.4, -0.2) is 46.3 Å². The number of rotatable bonds is 13. The molecule has 3 unspecified atom stereocenters. The Labute approximate surface area is 176 Å². The van der Waals surface area contributed by atoms with Gasteiger partial charge in [-0.2, -0.15) is 0 Å². The molecular formula is C19H31N4O6P. The van der Waals surface area contributed by atoms with Crippen LogP contribution in [0.5, 0.6) is 0 Å². The van der Waals surface area contributed by atoms with Crippen LogP contribution in [-0.2, 0) is 25.1 Å². The number of nitrogens with two attached hydrogens (primary N) is 2. The number of benzene rings is 1. The minimum atomic E-state index is -4.48. The normalized spacial score (nSPS) is 15.1. The van der Waals surface area contributed by atoms with Gasteiger partial charge < -0.3 is 26.8 Å². The first-order valence-electron chi connectivity index (χ1n) is 9.65. The number of amides is 1. The predicted octanol–water partition coefficient (Wildman–Crippen LogP) is 1.43. The lowest BCUT2D eigenvalue weighted by atomic mass is 10.1. The van der Waals surface area contributed by atoms with Crippen molar-refractivity contribution < 1.29 is 28.7 Å². The highest BCUT2D eigenvalue weighted by atomic mass is 31.2. The van der Waals surface area contributed by atoms with Gasteiger partial charge in [0, 0.05) is 13.0 Å². The summed E-state index contributed by atoms with van der Waals surface area (Å²) in [4.78, 5) is 37.9. The van der Waals surface area contributed by atoms with Crippen LogP contribution in [0.4, 0.5) is 0 Å². The summed E-state index contributed by atoms with van der Waals surface area (Å²) in [6, 6.07) is 9.35. The number of hydrogen-bond donors (Lipinski definition) is 5. The molecular weight excluding hydrogens is 411 g/mol. The van der Waals surface area contributed by atoms with Gasteiger partial charge in [-0.25, -0.2) is 4.79 Å². The standard InChI is InChI=1S/C19H31N4O6P/c1-13(2)17(23-16(24)11-10-14-7-4-3-5-8-14)30(27,28)29-15(18(25)26)9-6-12-22-19(20)21/h3-5,7-8,13,15,17H,6,9-12H2,1-2H3,(H,23,24)(H,25,26)(H,27,28)(H4,20,21,22). The second-order valence-electron chi connectivity index (χ2n) is 7.19. The van der Waals surface area contributed by atoms with Gasteiger partial charge in [-0.05, 0) is 30.7 Å². The number of aryl methyl sites for hydroxylation is 1. The average molecular weight is 442 g/mol. The minimum absolute atomic E-state index is 0.0660. The van der Waals surface area contributed by atoms with Gasteiger partial charge in [0.2, 0.25) is 5.91 Å². The van der Waals surface area contributed by atoms with Gasteiger partial charge >= 0.3 is 13.6 Å². The van der Waals surface area contributed by atoms with Crippen LogP contribution in [0.15, 0.2) is 35.3 Å². The van der Waals surface area contributed by atoms with Crippen molar-refractivity contribution in [2.75, 3.05) is 6.54 Å².